The minimum atomic E-state index is -0.353. The van der Waals surface area contributed by atoms with Gasteiger partial charge in [-0.05, 0) is 37.7 Å². The lowest BCUT2D eigenvalue weighted by Gasteiger charge is -2.33. The van der Waals surface area contributed by atoms with Gasteiger partial charge in [0.05, 0.1) is 16.8 Å². The number of carbonyl (C=O) groups excluding carboxylic acids is 1. The molecule has 1 aromatic heterocycles. The Morgan fingerprint density at radius 1 is 0.946 bits per heavy atom. The highest BCUT2D eigenvalue weighted by Gasteiger charge is 2.28. The van der Waals surface area contributed by atoms with Gasteiger partial charge < -0.3 is 9.80 Å². The van der Waals surface area contributed by atoms with Crippen molar-refractivity contribution in [1.82, 2.24) is 14.8 Å². The van der Waals surface area contributed by atoms with Crippen LogP contribution in [-0.2, 0) is 6.54 Å². The average molecular weight is 497 g/mol. The highest BCUT2D eigenvalue weighted by Crippen LogP contribution is 2.33. The van der Waals surface area contributed by atoms with Gasteiger partial charge in [-0.3, -0.25) is 9.69 Å². The number of para-hydroxylation sites is 1. The minimum Gasteiger partial charge on any atom is -0.308 e. The predicted molar refractivity (Wildman–Crippen MR) is 148 cm³/mol. The summed E-state index contributed by atoms with van der Waals surface area (Å²) in [6.07, 6.45) is 0.755. The number of hydrogen-bond acceptors (Lipinski definition) is 4. The van der Waals surface area contributed by atoms with Crippen LogP contribution in [0.15, 0.2) is 78.9 Å². The number of benzene rings is 3. The number of aromatic nitrogens is 1. The van der Waals surface area contributed by atoms with E-state index in [0.29, 0.717) is 24.3 Å². The first-order valence-corrected chi connectivity index (χ1v) is 13.0. The summed E-state index contributed by atoms with van der Waals surface area (Å²) in [6.45, 7) is 6.96. The molecule has 1 amide bonds. The van der Waals surface area contributed by atoms with E-state index in [-0.39, 0.29) is 11.7 Å². The Morgan fingerprint density at radius 3 is 2.41 bits per heavy atom. The van der Waals surface area contributed by atoms with Crippen molar-refractivity contribution in [3.8, 4) is 11.3 Å². The number of anilines is 1. The van der Waals surface area contributed by atoms with Crippen molar-refractivity contribution in [1.29, 1.82) is 0 Å². The van der Waals surface area contributed by atoms with E-state index in [1.807, 2.05) is 49.4 Å². The first kappa shape index (κ1) is 25.1. The molecular weight excluding hydrogens is 463 g/mol. The molecule has 0 bridgehead atoms. The van der Waals surface area contributed by atoms with E-state index < -0.39 is 0 Å². The maximum atomic E-state index is 14.5. The first-order valence-electron chi connectivity index (χ1n) is 13.0. The lowest BCUT2D eigenvalue weighted by atomic mass is 9.94. The molecule has 37 heavy (non-hydrogen) atoms. The number of fused-ring (bicyclic) bond motifs is 1. The Morgan fingerprint density at radius 2 is 1.68 bits per heavy atom. The lowest BCUT2D eigenvalue weighted by molar-refractivity contribution is 0.0984. The van der Waals surface area contributed by atoms with Crippen LogP contribution in [-0.4, -0.2) is 60.5 Å². The zero-order valence-electron chi connectivity index (χ0n) is 21.5. The molecule has 0 spiro atoms. The summed E-state index contributed by atoms with van der Waals surface area (Å²) in [5.74, 6) is -0.471. The number of carbonyl (C=O) groups is 1. The van der Waals surface area contributed by atoms with Crippen molar-refractivity contribution in [2.75, 3.05) is 44.7 Å². The van der Waals surface area contributed by atoms with Crippen LogP contribution in [0.5, 0.6) is 0 Å². The van der Waals surface area contributed by atoms with Gasteiger partial charge in [-0.1, -0.05) is 61.5 Å². The zero-order chi connectivity index (χ0) is 25.8. The van der Waals surface area contributed by atoms with Gasteiger partial charge in [0.15, 0.2) is 0 Å². The first-order chi connectivity index (χ1) is 18.0. The van der Waals surface area contributed by atoms with Crippen molar-refractivity contribution in [2.24, 2.45) is 0 Å². The van der Waals surface area contributed by atoms with Crippen LogP contribution >= 0.6 is 0 Å². The Balaban J connectivity index is 1.72. The van der Waals surface area contributed by atoms with E-state index in [0.717, 1.165) is 60.3 Å². The van der Waals surface area contributed by atoms with Crippen LogP contribution in [0.4, 0.5) is 10.1 Å². The molecule has 1 fully saturated rings. The molecule has 5 nitrogen and oxygen atoms in total. The van der Waals surface area contributed by atoms with Gasteiger partial charge >= 0.3 is 0 Å². The number of halogens is 1. The van der Waals surface area contributed by atoms with E-state index >= 15 is 0 Å². The van der Waals surface area contributed by atoms with Gasteiger partial charge in [0.1, 0.15) is 5.82 Å². The summed E-state index contributed by atoms with van der Waals surface area (Å²) in [5, 5.41) is 0.828. The molecule has 1 saturated heterocycles. The number of likely N-dealkylation sites (N-methyl/N-ethyl adjacent to an activating group) is 1. The SMILES string of the molecule is CCCN(C(=O)c1c(CN2CCN(C)CC2)c(-c2ccccc2)nc2ccccc12)c1cccc(F)c1. The molecule has 0 radical (unpaired) electrons. The van der Waals surface area contributed by atoms with Crippen LogP contribution in [0.25, 0.3) is 22.2 Å². The molecule has 4 aromatic rings. The number of hydrogen-bond donors (Lipinski definition) is 0. The van der Waals surface area contributed by atoms with Gasteiger partial charge in [0, 0.05) is 61.5 Å². The largest absolute Gasteiger partial charge is 0.308 e. The second kappa shape index (κ2) is 11.2. The fourth-order valence-corrected chi connectivity index (χ4v) is 5.06. The third-order valence-electron chi connectivity index (χ3n) is 7.04. The Labute approximate surface area is 218 Å². The van der Waals surface area contributed by atoms with E-state index in [9.17, 15) is 9.18 Å². The van der Waals surface area contributed by atoms with Gasteiger partial charge in [0.25, 0.3) is 5.91 Å². The second-order valence-corrected chi connectivity index (χ2v) is 9.71. The fourth-order valence-electron chi connectivity index (χ4n) is 5.06. The summed E-state index contributed by atoms with van der Waals surface area (Å²) in [7, 11) is 2.14. The average Bonchev–Trinajstić information content (AvgIpc) is 2.92. The lowest BCUT2D eigenvalue weighted by Crippen LogP contribution is -2.44. The van der Waals surface area contributed by atoms with Crippen LogP contribution in [0, 0.1) is 5.82 Å². The Kier molecular flexibility index (Phi) is 7.58. The smallest absolute Gasteiger partial charge is 0.259 e. The van der Waals surface area contributed by atoms with Crippen LogP contribution < -0.4 is 4.90 Å². The predicted octanol–water partition coefficient (Wildman–Crippen LogP) is 5.85. The molecule has 190 valence electrons. The monoisotopic (exact) mass is 496 g/mol. The van der Waals surface area contributed by atoms with Gasteiger partial charge in [-0.2, -0.15) is 0 Å². The quantitative estimate of drug-likeness (QED) is 0.322. The second-order valence-electron chi connectivity index (χ2n) is 9.71. The molecule has 3 aromatic carbocycles. The molecule has 0 saturated carbocycles. The summed E-state index contributed by atoms with van der Waals surface area (Å²) in [5.41, 5.74) is 4.75. The van der Waals surface area contributed by atoms with Gasteiger partial charge in [-0.25, -0.2) is 9.37 Å². The number of rotatable bonds is 7. The standard InChI is InChI=1S/C31H33FN4O/c1-3-16-36(25-13-9-12-24(32)21-25)31(37)29-26-14-7-8-15-28(26)33-30(23-10-5-4-6-11-23)27(29)22-35-19-17-34(2)18-20-35/h4-15,21H,3,16-20,22H2,1-2H3. The zero-order valence-corrected chi connectivity index (χ0v) is 21.5. The van der Waals surface area contributed by atoms with E-state index in [1.165, 1.54) is 12.1 Å². The maximum Gasteiger partial charge on any atom is 0.259 e. The fraction of sp³-hybridized carbons (Fsp3) is 0.290. The number of piperazine rings is 1. The van der Waals surface area contributed by atoms with E-state index in [4.69, 9.17) is 4.98 Å². The Bertz CT molecular complexity index is 1380. The highest BCUT2D eigenvalue weighted by molar-refractivity contribution is 6.15. The van der Waals surface area contributed by atoms with E-state index in [2.05, 4.69) is 29.0 Å². The van der Waals surface area contributed by atoms with Crippen molar-refractivity contribution < 1.29 is 9.18 Å². The molecule has 0 N–H and O–H groups in total. The van der Waals surface area contributed by atoms with Crippen molar-refractivity contribution in [3.05, 3.63) is 95.8 Å². The van der Waals surface area contributed by atoms with Crippen molar-refractivity contribution in [2.45, 2.75) is 19.9 Å². The number of amides is 1. The normalized spacial score (nSPS) is 14.7. The molecule has 1 aliphatic rings. The highest BCUT2D eigenvalue weighted by atomic mass is 19.1. The van der Waals surface area contributed by atoms with E-state index in [1.54, 1.807) is 17.0 Å². The third-order valence-corrected chi connectivity index (χ3v) is 7.04. The molecule has 0 unspecified atom stereocenters. The van der Waals surface area contributed by atoms with Gasteiger partial charge in [0.2, 0.25) is 0 Å². The molecule has 1 aliphatic heterocycles. The molecule has 2 heterocycles. The summed E-state index contributed by atoms with van der Waals surface area (Å²) in [4.78, 5) is 26.0. The molecular formula is C31H33FN4O. The van der Waals surface area contributed by atoms with Crippen molar-refractivity contribution in [3.63, 3.8) is 0 Å². The topological polar surface area (TPSA) is 39.7 Å². The minimum absolute atomic E-state index is 0.118. The van der Waals surface area contributed by atoms with Crippen molar-refractivity contribution >= 4 is 22.5 Å². The molecule has 5 rings (SSSR count). The van der Waals surface area contributed by atoms with Crippen LogP contribution in [0.3, 0.4) is 0 Å². The van der Waals surface area contributed by atoms with Gasteiger partial charge in [-0.15, -0.1) is 0 Å². The number of pyridine rings is 1. The Hall–Kier alpha value is -3.61. The summed E-state index contributed by atoms with van der Waals surface area (Å²) >= 11 is 0. The van der Waals surface area contributed by atoms with Crippen LogP contribution in [0.2, 0.25) is 0 Å². The summed E-state index contributed by atoms with van der Waals surface area (Å²) in [6, 6.07) is 24.3. The summed E-state index contributed by atoms with van der Waals surface area (Å²) < 4.78 is 14.2. The third kappa shape index (κ3) is 5.41. The maximum absolute atomic E-state index is 14.5. The molecule has 0 atom stereocenters. The van der Waals surface area contributed by atoms with Crippen LogP contribution in [0.1, 0.15) is 29.3 Å². The molecule has 0 aliphatic carbocycles. The number of nitrogens with zero attached hydrogens (tertiary/aromatic N) is 4. The molecule has 6 heteroatoms.